The van der Waals surface area contributed by atoms with E-state index in [1.54, 1.807) is 6.07 Å². The van der Waals surface area contributed by atoms with Crippen LogP contribution in [0.1, 0.15) is 11.1 Å². The lowest BCUT2D eigenvalue weighted by Gasteiger charge is -2.07. The number of nitrogens with one attached hydrogen (secondary N) is 1. The van der Waals surface area contributed by atoms with Gasteiger partial charge < -0.3 is 5.32 Å². The van der Waals surface area contributed by atoms with Crippen molar-refractivity contribution in [1.29, 1.82) is 0 Å². The molecule has 0 fully saturated rings. The molecule has 0 radical (unpaired) electrons. The van der Waals surface area contributed by atoms with Crippen LogP contribution in [0.15, 0.2) is 46.9 Å². The molecule has 1 N–H and O–H groups in total. The fraction of sp³-hybridized carbons (Fsp3) is 0.143. The molecule has 1 nitrogen and oxygen atoms in total. The maximum absolute atomic E-state index is 12.9. The lowest BCUT2D eigenvalue weighted by molar-refractivity contribution is 0.623. The van der Waals surface area contributed by atoms with Crippen LogP contribution in [0.3, 0.4) is 0 Å². The second-order valence-electron chi connectivity index (χ2n) is 3.97. The Kier molecular flexibility index (Phi) is 4.75. The van der Waals surface area contributed by atoms with Crippen LogP contribution in [0, 0.1) is 5.82 Å². The molecule has 0 saturated carbocycles. The van der Waals surface area contributed by atoms with Gasteiger partial charge in [0.2, 0.25) is 0 Å². The molecular formula is C14H12BrClFN. The molecular weight excluding hydrogens is 317 g/mol. The first-order valence-electron chi connectivity index (χ1n) is 5.54. The van der Waals surface area contributed by atoms with Crippen LogP contribution in [0.4, 0.5) is 4.39 Å². The largest absolute Gasteiger partial charge is 0.309 e. The van der Waals surface area contributed by atoms with E-state index in [9.17, 15) is 4.39 Å². The van der Waals surface area contributed by atoms with E-state index in [-0.39, 0.29) is 5.82 Å². The average molecular weight is 329 g/mol. The fourth-order valence-electron chi connectivity index (χ4n) is 1.61. The van der Waals surface area contributed by atoms with Crippen LogP contribution in [-0.4, -0.2) is 0 Å². The van der Waals surface area contributed by atoms with Crippen LogP contribution >= 0.6 is 27.5 Å². The van der Waals surface area contributed by atoms with E-state index in [0.29, 0.717) is 6.54 Å². The average Bonchev–Trinajstić information content (AvgIpc) is 2.34. The zero-order valence-electron chi connectivity index (χ0n) is 9.59. The summed E-state index contributed by atoms with van der Waals surface area (Å²) in [6.07, 6.45) is 0. The first kappa shape index (κ1) is 13.5. The van der Waals surface area contributed by atoms with Crippen molar-refractivity contribution in [2.75, 3.05) is 0 Å². The van der Waals surface area contributed by atoms with Crippen molar-refractivity contribution in [3.63, 3.8) is 0 Å². The van der Waals surface area contributed by atoms with Gasteiger partial charge in [-0.3, -0.25) is 0 Å². The highest BCUT2D eigenvalue weighted by Gasteiger charge is 2.01. The molecule has 2 aromatic carbocycles. The highest BCUT2D eigenvalue weighted by molar-refractivity contribution is 9.10. The molecule has 0 aromatic heterocycles. The lowest BCUT2D eigenvalue weighted by atomic mass is 10.2. The molecule has 0 aliphatic heterocycles. The Bertz CT molecular complexity index is 528. The van der Waals surface area contributed by atoms with Crippen LogP contribution in [0.25, 0.3) is 0 Å². The van der Waals surface area contributed by atoms with Gasteiger partial charge in [-0.15, -0.1) is 0 Å². The Balaban J connectivity index is 1.90. The predicted molar refractivity (Wildman–Crippen MR) is 76.1 cm³/mol. The van der Waals surface area contributed by atoms with Gasteiger partial charge in [0.15, 0.2) is 0 Å². The molecule has 2 rings (SSSR count). The van der Waals surface area contributed by atoms with Gasteiger partial charge in [-0.2, -0.15) is 0 Å². The molecule has 0 atom stereocenters. The summed E-state index contributed by atoms with van der Waals surface area (Å²) in [7, 11) is 0. The maximum Gasteiger partial charge on any atom is 0.124 e. The van der Waals surface area contributed by atoms with E-state index in [1.807, 2.05) is 24.3 Å². The summed E-state index contributed by atoms with van der Waals surface area (Å²) in [5.74, 6) is -0.233. The molecule has 0 heterocycles. The van der Waals surface area contributed by atoms with Crippen LogP contribution in [0.2, 0.25) is 5.02 Å². The third-order valence-corrected chi connectivity index (χ3v) is 3.56. The van der Waals surface area contributed by atoms with E-state index >= 15 is 0 Å². The monoisotopic (exact) mass is 327 g/mol. The molecule has 4 heteroatoms. The van der Waals surface area contributed by atoms with Crippen molar-refractivity contribution in [3.05, 3.63) is 68.9 Å². The summed E-state index contributed by atoms with van der Waals surface area (Å²) in [6.45, 7) is 1.43. The molecule has 0 unspecified atom stereocenters. The zero-order valence-corrected chi connectivity index (χ0v) is 11.9. The van der Waals surface area contributed by atoms with E-state index < -0.39 is 0 Å². The molecule has 0 spiro atoms. The standard InChI is InChI=1S/C14H12BrClFN/c15-14-7-13(17)6-3-11(14)9-18-8-10-1-4-12(16)5-2-10/h1-7,18H,8-9H2. The second kappa shape index (κ2) is 6.32. The normalized spacial score (nSPS) is 10.6. The summed E-state index contributed by atoms with van der Waals surface area (Å²) in [4.78, 5) is 0. The second-order valence-corrected chi connectivity index (χ2v) is 5.26. The number of hydrogen-bond acceptors (Lipinski definition) is 1. The van der Waals surface area contributed by atoms with Gasteiger partial charge in [0.25, 0.3) is 0 Å². The first-order chi connectivity index (χ1) is 8.65. The number of halogens is 3. The summed E-state index contributed by atoms with van der Waals surface area (Å²) < 4.78 is 13.7. The Morgan fingerprint density at radius 1 is 1.06 bits per heavy atom. The minimum Gasteiger partial charge on any atom is -0.309 e. The van der Waals surface area contributed by atoms with Gasteiger partial charge in [-0.25, -0.2) is 4.39 Å². The molecule has 2 aromatic rings. The Labute approximate surface area is 119 Å². The van der Waals surface area contributed by atoms with E-state index in [1.165, 1.54) is 12.1 Å². The van der Waals surface area contributed by atoms with Gasteiger partial charge in [0, 0.05) is 22.6 Å². The van der Waals surface area contributed by atoms with Gasteiger partial charge in [0.1, 0.15) is 5.82 Å². The SMILES string of the molecule is Fc1ccc(CNCc2ccc(Cl)cc2)c(Br)c1. The summed E-state index contributed by atoms with van der Waals surface area (Å²) in [6, 6.07) is 12.4. The fourth-order valence-corrected chi connectivity index (χ4v) is 2.23. The predicted octanol–water partition coefficient (Wildman–Crippen LogP) is 4.53. The highest BCUT2D eigenvalue weighted by Crippen LogP contribution is 2.18. The minimum atomic E-state index is -0.233. The molecule has 0 saturated heterocycles. The van der Waals surface area contributed by atoms with Crippen molar-refractivity contribution in [1.82, 2.24) is 5.32 Å². The topological polar surface area (TPSA) is 12.0 Å². The molecule has 0 aliphatic rings. The summed E-state index contributed by atoms with van der Waals surface area (Å²) in [5, 5.41) is 4.04. The van der Waals surface area contributed by atoms with Crippen molar-refractivity contribution in [2.24, 2.45) is 0 Å². The van der Waals surface area contributed by atoms with Crippen LogP contribution in [-0.2, 0) is 13.1 Å². The van der Waals surface area contributed by atoms with Gasteiger partial charge in [0.05, 0.1) is 0 Å². The van der Waals surface area contributed by atoms with Crippen molar-refractivity contribution >= 4 is 27.5 Å². The lowest BCUT2D eigenvalue weighted by Crippen LogP contribution is -2.13. The van der Waals surface area contributed by atoms with Gasteiger partial charge in [-0.1, -0.05) is 45.7 Å². The molecule has 0 amide bonds. The molecule has 18 heavy (non-hydrogen) atoms. The van der Waals surface area contributed by atoms with Gasteiger partial charge >= 0.3 is 0 Å². The van der Waals surface area contributed by atoms with Crippen molar-refractivity contribution < 1.29 is 4.39 Å². The highest BCUT2D eigenvalue weighted by atomic mass is 79.9. The third-order valence-electron chi connectivity index (χ3n) is 2.57. The van der Waals surface area contributed by atoms with Crippen molar-refractivity contribution in [3.8, 4) is 0 Å². The van der Waals surface area contributed by atoms with E-state index in [0.717, 1.165) is 27.2 Å². The van der Waals surface area contributed by atoms with Crippen molar-refractivity contribution in [2.45, 2.75) is 13.1 Å². The van der Waals surface area contributed by atoms with E-state index in [4.69, 9.17) is 11.6 Å². The molecule has 0 bridgehead atoms. The van der Waals surface area contributed by atoms with Gasteiger partial charge in [-0.05, 0) is 35.4 Å². The Morgan fingerprint density at radius 2 is 1.78 bits per heavy atom. The molecule has 94 valence electrons. The van der Waals surface area contributed by atoms with E-state index in [2.05, 4.69) is 21.2 Å². The van der Waals surface area contributed by atoms with Crippen LogP contribution < -0.4 is 5.32 Å². The third kappa shape index (κ3) is 3.80. The number of benzene rings is 2. The maximum atomic E-state index is 12.9. The number of hydrogen-bond donors (Lipinski definition) is 1. The smallest absolute Gasteiger partial charge is 0.124 e. The minimum absolute atomic E-state index is 0.233. The summed E-state index contributed by atoms with van der Waals surface area (Å²) >= 11 is 9.16. The number of rotatable bonds is 4. The quantitative estimate of drug-likeness (QED) is 0.869. The first-order valence-corrected chi connectivity index (χ1v) is 6.71. The Morgan fingerprint density at radius 3 is 2.44 bits per heavy atom. The molecule has 0 aliphatic carbocycles. The summed E-state index contributed by atoms with van der Waals surface area (Å²) in [5.41, 5.74) is 2.20. The van der Waals surface area contributed by atoms with Crippen LogP contribution in [0.5, 0.6) is 0 Å². The zero-order chi connectivity index (χ0) is 13.0. The Hall–Kier alpha value is -0.900.